The van der Waals surface area contributed by atoms with Gasteiger partial charge in [-0.2, -0.15) is 0 Å². The molecule has 0 unspecified atom stereocenters. The molecular formula is C26H38O2. The van der Waals surface area contributed by atoms with Crippen molar-refractivity contribution in [2.24, 2.45) is 5.41 Å². The van der Waals surface area contributed by atoms with Gasteiger partial charge in [-0.25, -0.2) is 0 Å². The molecule has 154 valence electrons. The molecule has 2 bridgehead atoms. The molecule has 0 heterocycles. The highest BCUT2D eigenvalue weighted by Crippen LogP contribution is 2.59. The molecule has 0 N–H and O–H groups in total. The van der Waals surface area contributed by atoms with E-state index < -0.39 is 0 Å². The summed E-state index contributed by atoms with van der Waals surface area (Å²) < 4.78 is 5.47. The lowest BCUT2D eigenvalue weighted by molar-refractivity contribution is -0.133. The maximum absolute atomic E-state index is 11.9. The molecule has 3 aliphatic rings. The van der Waals surface area contributed by atoms with Crippen LogP contribution in [0.15, 0.2) is 36.4 Å². The first kappa shape index (κ1) is 21.1. The molecule has 2 heteroatoms. The predicted molar refractivity (Wildman–Crippen MR) is 117 cm³/mol. The van der Waals surface area contributed by atoms with E-state index in [2.05, 4.69) is 26.0 Å². The largest absolute Gasteiger partial charge is 0.426 e. The number of esters is 1. The fraction of sp³-hybridized carbons (Fsp3) is 0.654. The van der Waals surface area contributed by atoms with Crippen LogP contribution in [0.3, 0.4) is 0 Å². The van der Waals surface area contributed by atoms with Gasteiger partial charge in [0.2, 0.25) is 0 Å². The van der Waals surface area contributed by atoms with E-state index >= 15 is 0 Å². The Hall–Kier alpha value is -1.57. The third kappa shape index (κ3) is 5.07. The van der Waals surface area contributed by atoms with Crippen molar-refractivity contribution in [2.75, 3.05) is 0 Å². The van der Waals surface area contributed by atoms with E-state index in [0.29, 0.717) is 23.0 Å². The summed E-state index contributed by atoms with van der Waals surface area (Å²) in [6.07, 6.45) is 20.4. The number of fused-ring (bicyclic) bond motifs is 3. The standard InChI is InChI=1S/C26H38O2/c1-3-5-7-9-15-25-16-19-26(20-17-25,21-18-25)22-11-13-23(14-12-22)28-24(27)10-8-6-4-2/h6,8,11-14H,3-5,7,9-10,15-21H2,1-2H3/b8-6-. The van der Waals surface area contributed by atoms with E-state index in [4.69, 9.17) is 4.74 Å². The van der Waals surface area contributed by atoms with Crippen molar-refractivity contribution < 1.29 is 9.53 Å². The van der Waals surface area contributed by atoms with Gasteiger partial charge < -0.3 is 4.74 Å². The molecule has 2 nitrogen and oxygen atoms in total. The molecule has 4 rings (SSSR count). The summed E-state index contributed by atoms with van der Waals surface area (Å²) in [5, 5.41) is 0. The number of hydrogen-bond acceptors (Lipinski definition) is 2. The van der Waals surface area contributed by atoms with E-state index in [1.165, 1.54) is 76.2 Å². The topological polar surface area (TPSA) is 26.3 Å². The molecule has 3 fully saturated rings. The Labute approximate surface area is 171 Å². The van der Waals surface area contributed by atoms with Gasteiger partial charge in [0.25, 0.3) is 0 Å². The normalized spacial score (nSPS) is 26.6. The van der Waals surface area contributed by atoms with Crippen LogP contribution in [-0.4, -0.2) is 5.97 Å². The number of benzene rings is 1. The fourth-order valence-corrected chi connectivity index (χ4v) is 5.39. The van der Waals surface area contributed by atoms with Gasteiger partial charge >= 0.3 is 5.97 Å². The lowest BCUT2D eigenvalue weighted by atomic mass is 9.51. The Morgan fingerprint density at radius 1 is 0.929 bits per heavy atom. The second kappa shape index (κ2) is 9.76. The Balaban J connectivity index is 1.54. The minimum Gasteiger partial charge on any atom is -0.426 e. The zero-order valence-corrected chi connectivity index (χ0v) is 18.0. The van der Waals surface area contributed by atoms with Crippen LogP contribution in [0.25, 0.3) is 0 Å². The van der Waals surface area contributed by atoms with E-state index in [1.54, 1.807) is 0 Å². The van der Waals surface area contributed by atoms with E-state index in [1.807, 2.05) is 24.3 Å². The molecule has 0 aromatic heterocycles. The van der Waals surface area contributed by atoms with Gasteiger partial charge in [0.1, 0.15) is 5.75 Å². The summed E-state index contributed by atoms with van der Waals surface area (Å²) in [7, 11) is 0. The van der Waals surface area contributed by atoms with Gasteiger partial charge in [-0.05, 0) is 79.9 Å². The molecule has 3 saturated carbocycles. The molecule has 3 aliphatic carbocycles. The fourth-order valence-electron chi connectivity index (χ4n) is 5.39. The lowest BCUT2D eigenvalue weighted by Gasteiger charge is -2.54. The number of allylic oxidation sites excluding steroid dienone is 1. The van der Waals surface area contributed by atoms with Crippen LogP contribution in [0.4, 0.5) is 0 Å². The van der Waals surface area contributed by atoms with E-state index in [-0.39, 0.29) is 5.97 Å². The second-order valence-electron chi connectivity index (χ2n) is 9.17. The maximum Gasteiger partial charge on any atom is 0.315 e. The first-order chi connectivity index (χ1) is 13.6. The molecule has 0 spiro atoms. The Morgan fingerprint density at radius 2 is 1.61 bits per heavy atom. The number of hydrogen-bond donors (Lipinski definition) is 0. The Bertz CT molecular complexity index is 631. The highest BCUT2D eigenvalue weighted by atomic mass is 16.5. The van der Waals surface area contributed by atoms with Gasteiger partial charge in [0, 0.05) is 0 Å². The zero-order valence-electron chi connectivity index (χ0n) is 18.0. The molecular weight excluding hydrogens is 344 g/mol. The molecule has 0 amide bonds. The number of ether oxygens (including phenoxy) is 1. The SMILES string of the molecule is CC/C=C\CC(=O)Oc1ccc(C23CCC(CCCCCC)(CC2)CC3)cc1. The first-order valence-electron chi connectivity index (χ1n) is 11.6. The van der Waals surface area contributed by atoms with Crippen molar-refractivity contribution in [3.05, 3.63) is 42.0 Å². The average molecular weight is 383 g/mol. The quantitative estimate of drug-likeness (QED) is 0.181. The van der Waals surface area contributed by atoms with Crippen molar-refractivity contribution in [3.63, 3.8) is 0 Å². The number of carbonyl (C=O) groups excluding carboxylic acids is 1. The van der Waals surface area contributed by atoms with Crippen LogP contribution in [0, 0.1) is 5.41 Å². The van der Waals surface area contributed by atoms with Crippen molar-refractivity contribution in [3.8, 4) is 5.75 Å². The molecule has 0 aliphatic heterocycles. The zero-order chi connectivity index (χ0) is 19.9. The van der Waals surface area contributed by atoms with Crippen molar-refractivity contribution in [2.45, 2.75) is 103 Å². The third-order valence-electron chi connectivity index (χ3n) is 7.35. The number of rotatable bonds is 10. The summed E-state index contributed by atoms with van der Waals surface area (Å²) >= 11 is 0. The van der Waals surface area contributed by atoms with Gasteiger partial charge in [-0.1, -0.05) is 63.8 Å². The summed E-state index contributed by atoms with van der Waals surface area (Å²) in [6, 6.07) is 8.41. The van der Waals surface area contributed by atoms with Crippen LogP contribution in [0.1, 0.15) is 103 Å². The molecule has 0 radical (unpaired) electrons. The van der Waals surface area contributed by atoms with Crippen molar-refractivity contribution >= 4 is 5.97 Å². The summed E-state index contributed by atoms with van der Waals surface area (Å²) in [6.45, 7) is 4.36. The maximum atomic E-state index is 11.9. The molecule has 1 aromatic rings. The van der Waals surface area contributed by atoms with Gasteiger partial charge in [-0.3, -0.25) is 4.79 Å². The molecule has 28 heavy (non-hydrogen) atoms. The minimum absolute atomic E-state index is 0.182. The monoisotopic (exact) mass is 382 g/mol. The summed E-state index contributed by atoms with van der Waals surface area (Å²) in [5.74, 6) is 0.491. The van der Waals surface area contributed by atoms with E-state index in [9.17, 15) is 4.79 Å². The average Bonchev–Trinajstić information content (AvgIpc) is 2.73. The van der Waals surface area contributed by atoms with Crippen molar-refractivity contribution in [1.82, 2.24) is 0 Å². The first-order valence-corrected chi connectivity index (χ1v) is 11.6. The lowest BCUT2D eigenvalue weighted by Crippen LogP contribution is -2.44. The number of unbranched alkanes of at least 4 members (excludes halogenated alkanes) is 3. The highest BCUT2D eigenvalue weighted by molar-refractivity contribution is 5.73. The van der Waals surface area contributed by atoms with Crippen LogP contribution in [0.2, 0.25) is 0 Å². The number of carbonyl (C=O) groups is 1. The minimum atomic E-state index is -0.182. The van der Waals surface area contributed by atoms with Gasteiger partial charge in [0.15, 0.2) is 0 Å². The van der Waals surface area contributed by atoms with E-state index in [0.717, 1.165) is 6.42 Å². The highest BCUT2D eigenvalue weighted by Gasteiger charge is 2.48. The smallest absolute Gasteiger partial charge is 0.315 e. The summed E-state index contributed by atoms with van der Waals surface area (Å²) in [4.78, 5) is 11.9. The molecule has 0 saturated heterocycles. The Morgan fingerprint density at radius 3 is 2.21 bits per heavy atom. The van der Waals surface area contributed by atoms with Crippen molar-refractivity contribution in [1.29, 1.82) is 0 Å². The third-order valence-corrected chi connectivity index (χ3v) is 7.35. The van der Waals surface area contributed by atoms with Crippen LogP contribution in [-0.2, 0) is 10.2 Å². The molecule has 0 atom stereocenters. The van der Waals surface area contributed by atoms with Gasteiger partial charge in [0.05, 0.1) is 6.42 Å². The van der Waals surface area contributed by atoms with Crippen LogP contribution < -0.4 is 4.74 Å². The predicted octanol–water partition coefficient (Wildman–Crippen LogP) is 7.51. The summed E-state index contributed by atoms with van der Waals surface area (Å²) in [5.41, 5.74) is 2.48. The van der Waals surface area contributed by atoms with Crippen LogP contribution in [0.5, 0.6) is 5.75 Å². The molecule has 1 aromatic carbocycles. The Kier molecular flexibility index (Phi) is 7.37. The van der Waals surface area contributed by atoms with Gasteiger partial charge in [-0.15, -0.1) is 0 Å². The van der Waals surface area contributed by atoms with Crippen LogP contribution >= 0.6 is 0 Å². The second-order valence-corrected chi connectivity index (χ2v) is 9.17.